The maximum Gasteiger partial charge on any atom is 0.0603 e. The molecule has 1 nitrogen and oxygen atoms in total. The number of benzene rings is 2. The van der Waals surface area contributed by atoms with E-state index in [0.29, 0.717) is 15.3 Å². The molecule has 0 fully saturated rings. The van der Waals surface area contributed by atoms with Gasteiger partial charge in [0.25, 0.3) is 0 Å². The van der Waals surface area contributed by atoms with Crippen molar-refractivity contribution in [3.05, 3.63) is 63.6 Å². The van der Waals surface area contributed by atoms with Crippen molar-refractivity contribution in [2.45, 2.75) is 35.4 Å². The predicted octanol–water partition coefficient (Wildman–Crippen LogP) is 5.49. The van der Waals surface area contributed by atoms with Crippen LogP contribution in [0.5, 0.6) is 0 Å². The molecule has 0 aromatic heterocycles. The number of rotatable bonds is 2. The van der Waals surface area contributed by atoms with Crippen molar-refractivity contribution in [1.29, 1.82) is 0 Å². The summed E-state index contributed by atoms with van der Waals surface area (Å²) in [6.45, 7) is 0. The molecule has 0 bridgehead atoms. The third-order valence-corrected chi connectivity index (χ3v) is 6.02. The van der Waals surface area contributed by atoms with Gasteiger partial charge in [-0.15, -0.1) is 11.8 Å². The van der Waals surface area contributed by atoms with Crippen LogP contribution in [0.25, 0.3) is 0 Å². The first kappa shape index (κ1) is 15.2. The van der Waals surface area contributed by atoms with E-state index in [9.17, 15) is 0 Å². The highest BCUT2D eigenvalue weighted by Gasteiger charge is 2.25. The molecule has 0 amide bonds. The van der Waals surface area contributed by atoms with Crippen molar-refractivity contribution in [3.63, 3.8) is 0 Å². The Morgan fingerprint density at radius 2 is 1.86 bits per heavy atom. The van der Waals surface area contributed by atoms with Gasteiger partial charge >= 0.3 is 0 Å². The van der Waals surface area contributed by atoms with Gasteiger partial charge in [0.1, 0.15) is 0 Å². The minimum Gasteiger partial charge on any atom is -0.323 e. The van der Waals surface area contributed by atoms with Gasteiger partial charge in [-0.25, -0.2) is 0 Å². The molecule has 1 aliphatic carbocycles. The Balaban J connectivity index is 1.84. The minimum absolute atomic E-state index is 0.0585. The van der Waals surface area contributed by atoms with E-state index in [2.05, 4.69) is 24.3 Å². The molecule has 1 aliphatic rings. The fourth-order valence-electron chi connectivity index (χ4n) is 2.82. The van der Waals surface area contributed by atoms with E-state index in [4.69, 9.17) is 28.9 Å². The molecule has 0 aliphatic heterocycles. The van der Waals surface area contributed by atoms with E-state index < -0.39 is 0 Å². The van der Waals surface area contributed by atoms with Crippen LogP contribution in [0.2, 0.25) is 10.0 Å². The van der Waals surface area contributed by atoms with Crippen LogP contribution in [0, 0.1) is 0 Å². The summed E-state index contributed by atoms with van der Waals surface area (Å²) in [7, 11) is 0. The molecular weight excluding hydrogens is 321 g/mol. The zero-order valence-corrected chi connectivity index (χ0v) is 13.9. The first-order valence-electron chi connectivity index (χ1n) is 7.10. The van der Waals surface area contributed by atoms with Crippen molar-refractivity contribution in [2.75, 3.05) is 0 Å². The van der Waals surface area contributed by atoms with Crippen LogP contribution in [0.1, 0.15) is 30.0 Å². The highest BCUT2D eigenvalue weighted by atomic mass is 35.5. The summed E-state index contributed by atoms with van der Waals surface area (Å²) in [6.07, 6.45) is 3.40. The summed E-state index contributed by atoms with van der Waals surface area (Å²) >= 11 is 13.9. The summed E-state index contributed by atoms with van der Waals surface area (Å²) in [5.41, 5.74) is 9.20. The summed E-state index contributed by atoms with van der Waals surface area (Å²) in [6, 6.07) is 14.4. The molecule has 3 rings (SSSR count). The zero-order valence-electron chi connectivity index (χ0n) is 11.6. The number of fused-ring (bicyclic) bond motifs is 1. The summed E-state index contributed by atoms with van der Waals surface area (Å²) < 4.78 is 0. The lowest BCUT2D eigenvalue weighted by molar-refractivity contribution is 0.632. The van der Waals surface area contributed by atoms with E-state index in [1.807, 2.05) is 18.2 Å². The summed E-state index contributed by atoms with van der Waals surface area (Å²) in [4.78, 5) is 1.13. The first-order valence-corrected chi connectivity index (χ1v) is 8.74. The summed E-state index contributed by atoms with van der Waals surface area (Å²) in [5, 5.41) is 1.56. The lowest BCUT2D eigenvalue weighted by Gasteiger charge is -2.22. The van der Waals surface area contributed by atoms with Crippen molar-refractivity contribution in [3.8, 4) is 0 Å². The van der Waals surface area contributed by atoms with Gasteiger partial charge in [-0.3, -0.25) is 0 Å². The van der Waals surface area contributed by atoms with Gasteiger partial charge in [-0.1, -0.05) is 47.5 Å². The predicted molar refractivity (Wildman–Crippen MR) is 92.4 cm³/mol. The second-order valence-corrected chi connectivity index (χ2v) is 7.48. The number of nitrogens with two attached hydrogens (primary N) is 1. The van der Waals surface area contributed by atoms with Crippen LogP contribution in [0.3, 0.4) is 0 Å². The normalized spacial score (nSPS) is 21.7. The van der Waals surface area contributed by atoms with Gasteiger partial charge in [-0.2, -0.15) is 0 Å². The molecular formula is C17H17Cl2NS. The van der Waals surface area contributed by atoms with Crippen LogP contribution in [-0.2, 0) is 6.42 Å². The molecule has 2 aromatic carbocycles. The highest BCUT2D eigenvalue weighted by Crippen LogP contribution is 2.39. The Morgan fingerprint density at radius 3 is 2.67 bits per heavy atom. The molecule has 110 valence electrons. The Hall–Kier alpha value is -0.670. The van der Waals surface area contributed by atoms with Crippen LogP contribution in [0.15, 0.2) is 47.4 Å². The lowest BCUT2D eigenvalue weighted by Crippen LogP contribution is -2.23. The van der Waals surface area contributed by atoms with Gasteiger partial charge in [0.2, 0.25) is 0 Å². The standard InChI is InChI=1S/C17H17Cl2NS/c18-14-9-8-12(10-15(14)19)21-16-7-3-5-11-4-1-2-6-13(11)17(16)20/h1-2,4,6,8-10,16-17H,3,5,7,20H2. The van der Waals surface area contributed by atoms with Gasteiger partial charge in [0.05, 0.1) is 10.0 Å². The van der Waals surface area contributed by atoms with Crippen molar-refractivity contribution < 1.29 is 0 Å². The Labute approximate surface area is 139 Å². The number of hydrogen-bond donors (Lipinski definition) is 1. The molecule has 2 aromatic rings. The maximum atomic E-state index is 6.53. The number of thioether (sulfide) groups is 1. The molecule has 0 spiro atoms. The fourth-order valence-corrected chi connectivity index (χ4v) is 4.44. The maximum absolute atomic E-state index is 6.53. The molecule has 0 radical (unpaired) electrons. The minimum atomic E-state index is 0.0585. The zero-order chi connectivity index (χ0) is 14.8. The molecule has 0 saturated heterocycles. The van der Waals surface area contributed by atoms with Gasteiger partial charge in [-0.05, 0) is 48.6 Å². The van der Waals surface area contributed by atoms with Crippen LogP contribution < -0.4 is 5.73 Å². The monoisotopic (exact) mass is 337 g/mol. The van der Waals surface area contributed by atoms with Crippen LogP contribution >= 0.6 is 35.0 Å². The van der Waals surface area contributed by atoms with Gasteiger partial charge in [0, 0.05) is 16.2 Å². The van der Waals surface area contributed by atoms with E-state index in [1.54, 1.807) is 11.8 Å². The Bertz CT molecular complexity index is 644. The van der Waals surface area contributed by atoms with Crippen LogP contribution in [-0.4, -0.2) is 5.25 Å². The molecule has 4 heteroatoms. The largest absolute Gasteiger partial charge is 0.323 e. The third kappa shape index (κ3) is 3.40. The van der Waals surface area contributed by atoms with Crippen molar-refractivity contribution in [2.24, 2.45) is 5.73 Å². The van der Waals surface area contributed by atoms with Crippen molar-refractivity contribution >= 4 is 35.0 Å². The third-order valence-electron chi connectivity index (χ3n) is 3.93. The van der Waals surface area contributed by atoms with Crippen LogP contribution in [0.4, 0.5) is 0 Å². The molecule has 2 unspecified atom stereocenters. The fraction of sp³-hybridized carbons (Fsp3) is 0.294. The second-order valence-electron chi connectivity index (χ2n) is 5.35. The average Bonchev–Trinajstić information content (AvgIpc) is 2.64. The second kappa shape index (κ2) is 6.62. The van der Waals surface area contributed by atoms with Crippen molar-refractivity contribution in [1.82, 2.24) is 0 Å². The lowest BCUT2D eigenvalue weighted by atomic mass is 10.00. The topological polar surface area (TPSA) is 26.0 Å². The smallest absolute Gasteiger partial charge is 0.0603 e. The van der Waals surface area contributed by atoms with E-state index in [0.717, 1.165) is 17.7 Å². The van der Waals surface area contributed by atoms with E-state index in [1.165, 1.54) is 17.5 Å². The molecule has 2 atom stereocenters. The van der Waals surface area contributed by atoms with E-state index in [-0.39, 0.29) is 6.04 Å². The summed E-state index contributed by atoms with van der Waals surface area (Å²) in [5.74, 6) is 0. The van der Waals surface area contributed by atoms with Gasteiger partial charge in [0.15, 0.2) is 0 Å². The number of halogens is 2. The molecule has 0 heterocycles. The van der Waals surface area contributed by atoms with E-state index >= 15 is 0 Å². The highest BCUT2D eigenvalue weighted by molar-refractivity contribution is 8.00. The Morgan fingerprint density at radius 1 is 1.05 bits per heavy atom. The first-order chi connectivity index (χ1) is 10.1. The molecule has 0 saturated carbocycles. The average molecular weight is 338 g/mol. The molecule has 2 N–H and O–H groups in total. The van der Waals surface area contributed by atoms with Gasteiger partial charge < -0.3 is 5.73 Å². The number of hydrogen-bond acceptors (Lipinski definition) is 2. The SMILES string of the molecule is NC1c2ccccc2CCCC1Sc1ccc(Cl)c(Cl)c1. The molecule has 21 heavy (non-hydrogen) atoms. The quantitative estimate of drug-likeness (QED) is 0.733. The Kier molecular flexibility index (Phi) is 4.80. The number of aryl methyl sites for hydroxylation is 1.